The summed E-state index contributed by atoms with van der Waals surface area (Å²) in [6, 6.07) is 9.46. The summed E-state index contributed by atoms with van der Waals surface area (Å²) in [5.74, 6) is 0. The molecule has 0 spiro atoms. The highest BCUT2D eigenvalue weighted by molar-refractivity contribution is 5.75. The predicted molar refractivity (Wildman–Crippen MR) is 82.4 cm³/mol. The highest BCUT2D eigenvalue weighted by atomic mass is 19.4. The number of aromatic nitrogens is 3. The van der Waals surface area contributed by atoms with Gasteiger partial charge in [-0.25, -0.2) is 14.3 Å². The zero-order valence-corrected chi connectivity index (χ0v) is 12.5. The van der Waals surface area contributed by atoms with Crippen molar-refractivity contribution in [2.24, 2.45) is 0 Å². The van der Waals surface area contributed by atoms with Gasteiger partial charge < -0.3 is 0 Å². The number of halogens is 3. The number of alkyl halides is 3. The van der Waals surface area contributed by atoms with E-state index in [0.717, 1.165) is 10.1 Å². The Morgan fingerprint density at radius 1 is 1.12 bits per heavy atom. The highest BCUT2D eigenvalue weighted by Crippen LogP contribution is 2.17. The number of aryl methyl sites for hydroxylation is 1. The maximum atomic E-state index is 12.8. The summed E-state index contributed by atoms with van der Waals surface area (Å²) in [4.78, 5) is 28.9. The van der Waals surface area contributed by atoms with Gasteiger partial charge in [-0.15, -0.1) is 0 Å². The second-order valence-electron chi connectivity index (χ2n) is 5.34. The van der Waals surface area contributed by atoms with E-state index in [-0.39, 0.29) is 15.6 Å². The zero-order chi connectivity index (χ0) is 17.5. The molecule has 2 heterocycles. The second kappa shape index (κ2) is 5.63. The summed E-state index contributed by atoms with van der Waals surface area (Å²) < 4.78 is 39.5. The van der Waals surface area contributed by atoms with E-state index >= 15 is 0 Å². The van der Waals surface area contributed by atoms with Gasteiger partial charge in [-0.2, -0.15) is 13.2 Å². The van der Waals surface area contributed by atoms with Crippen LogP contribution in [0.5, 0.6) is 0 Å². The largest absolute Gasteiger partial charge is 0.406 e. The van der Waals surface area contributed by atoms with Crippen LogP contribution in [-0.2, 0) is 6.54 Å². The van der Waals surface area contributed by atoms with Gasteiger partial charge in [-0.05, 0) is 36.8 Å². The van der Waals surface area contributed by atoms with Crippen molar-refractivity contribution >= 4 is 11.0 Å². The molecule has 0 saturated heterocycles. The molecule has 0 bridgehead atoms. The van der Waals surface area contributed by atoms with Gasteiger partial charge >= 0.3 is 11.9 Å². The van der Waals surface area contributed by atoms with E-state index in [0.29, 0.717) is 5.69 Å². The normalized spacial score (nSPS) is 11.8. The lowest BCUT2D eigenvalue weighted by atomic mass is 10.2. The third kappa shape index (κ3) is 2.82. The smallest absolute Gasteiger partial charge is 0.268 e. The van der Waals surface area contributed by atoms with Gasteiger partial charge in [0.2, 0.25) is 0 Å². The molecular weight excluding hydrogens is 323 g/mol. The Morgan fingerprint density at radius 2 is 1.88 bits per heavy atom. The minimum Gasteiger partial charge on any atom is -0.268 e. The standard InChI is InChI=1S/C16H12F3N3O2/c1-10-4-2-5-11(8-10)22-13-12(6-3-7-20-13)14(23)21(15(22)24)9-16(17,18)19/h2-8H,9H2,1H3. The van der Waals surface area contributed by atoms with E-state index < -0.39 is 24.0 Å². The molecule has 5 nitrogen and oxygen atoms in total. The summed E-state index contributed by atoms with van der Waals surface area (Å²) in [7, 11) is 0. The Balaban J connectivity index is 2.44. The molecule has 3 aromatic rings. The summed E-state index contributed by atoms with van der Waals surface area (Å²) in [5, 5.41) is -0.0529. The van der Waals surface area contributed by atoms with Gasteiger partial charge in [-0.1, -0.05) is 12.1 Å². The molecule has 0 N–H and O–H groups in total. The monoisotopic (exact) mass is 335 g/mol. The van der Waals surface area contributed by atoms with Crippen molar-refractivity contribution in [1.82, 2.24) is 14.1 Å². The van der Waals surface area contributed by atoms with E-state index in [4.69, 9.17) is 0 Å². The zero-order valence-electron chi connectivity index (χ0n) is 12.5. The molecule has 1 aromatic carbocycles. The van der Waals surface area contributed by atoms with E-state index in [9.17, 15) is 22.8 Å². The van der Waals surface area contributed by atoms with Crippen LogP contribution < -0.4 is 11.2 Å². The van der Waals surface area contributed by atoms with Gasteiger partial charge in [0.1, 0.15) is 6.54 Å². The number of pyridine rings is 1. The van der Waals surface area contributed by atoms with Crippen molar-refractivity contribution in [3.8, 4) is 5.69 Å². The number of rotatable bonds is 2. The van der Waals surface area contributed by atoms with Gasteiger partial charge in [-0.3, -0.25) is 9.36 Å². The third-order valence-corrected chi connectivity index (χ3v) is 3.49. The van der Waals surface area contributed by atoms with Gasteiger partial charge in [0.25, 0.3) is 5.56 Å². The third-order valence-electron chi connectivity index (χ3n) is 3.49. The second-order valence-corrected chi connectivity index (χ2v) is 5.34. The molecule has 0 aliphatic heterocycles. The molecular formula is C16H12F3N3O2. The van der Waals surface area contributed by atoms with E-state index in [2.05, 4.69) is 4.98 Å². The lowest BCUT2D eigenvalue weighted by Crippen LogP contribution is -2.43. The molecule has 24 heavy (non-hydrogen) atoms. The Labute approximate surface area is 133 Å². The van der Waals surface area contributed by atoms with Crippen LogP contribution in [0.4, 0.5) is 13.2 Å². The summed E-state index contributed by atoms with van der Waals surface area (Å²) in [5.41, 5.74) is -0.897. The van der Waals surface area contributed by atoms with Gasteiger partial charge in [0.15, 0.2) is 5.65 Å². The topological polar surface area (TPSA) is 56.9 Å². The van der Waals surface area contributed by atoms with Crippen molar-refractivity contribution in [3.05, 3.63) is 69.0 Å². The molecule has 2 aromatic heterocycles. The first-order chi connectivity index (χ1) is 11.3. The maximum Gasteiger partial charge on any atom is 0.406 e. The molecule has 0 fully saturated rings. The highest BCUT2D eigenvalue weighted by Gasteiger charge is 2.31. The van der Waals surface area contributed by atoms with Crippen molar-refractivity contribution in [3.63, 3.8) is 0 Å². The van der Waals surface area contributed by atoms with Crippen LogP contribution in [0.1, 0.15) is 5.56 Å². The molecule has 0 atom stereocenters. The first kappa shape index (κ1) is 16.0. The molecule has 8 heteroatoms. The van der Waals surface area contributed by atoms with E-state index in [1.807, 2.05) is 0 Å². The number of nitrogens with zero attached hydrogens (tertiary/aromatic N) is 3. The Morgan fingerprint density at radius 3 is 2.54 bits per heavy atom. The number of hydrogen-bond donors (Lipinski definition) is 0. The molecule has 3 rings (SSSR count). The minimum absolute atomic E-state index is 0.0246. The number of hydrogen-bond acceptors (Lipinski definition) is 3. The molecule has 0 unspecified atom stereocenters. The van der Waals surface area contributed by atoms with Gasteiger partial charge in [0.05, 0.1) is 11.1 Å². The number of benzene rings is 1. The first-order valence-corrected chi connectivity index (χ1v) is 7.02. The molecule has 124 valence electrons. The molecule has 0 aliphatic carbocycles. The fraction of sp³-hybridized carbons (Fsp3) is 0.188. The van der Waals surface area contributed by atoms with Crippen molar-refractivity contribution in [2.75, 3.05) is 0 Å². The Hall–Kier alpha value is -2.90. The minimum atomic E-state index is -4.69. The average molecular weight is 335 g/mol. The molecule has 0 amide bonds. The molecule has 0 aliphatic rings. The van der Waals surface area contributed by atoms with Crippen LogP contribution >= 0.6 is 0 Å². The van der Waals surface area contributed by atoms with Crippen LogP contribution in [0.15, 0.2) is 52.2 Å². The van der Waals surface area contributed by atoms with Crippen LogP contribution in [0.2, 0.25) is 0 Å². The van der Waals surface area contributed by atoms with Crippen LogP contribution in [0.25, 0.3) is 16.7 Å². The molecule has 0 saturated carbocycles. The number of fused-ring (bicyclic) bond motifs is 1. The van der Waals surface area contributed by atoms with Crippen LogP contribution in [0.3, 0.4) is 0 Å². The molecule has 0 radical (unpaired) electrons. The Bertz CT molecular complexity index is 1040. The average Bonchev–Trinajstić information content (AvgIpc) is 2.51. The summed E-state index contributed by atoms with van der Waals surface area (Å²) >= 11 is 0. The summed E-state index contributed by atoms with van der Waals surface area (Å²) in [6.07, 6.45) is -3.31. The lowest BCUT2D eigenvalue weighted by molar-refractivity contribution is -0.141. The van der Waals surface area contributed by atoms with Crippen LogP contribution in [0, 0.1) is 6.92 Å². The maximum absolute atomic E-state index is 12.8. The quantitative estimate of drug-likeness (QED) is 0.723. The van der Waals surface area contributed by atoms with E-state index in [1.54, 1.807) is 31.2 Å². The predicted octanol–water partition coefficient (Wildman–Crippen LogP) is 2.42. The van der Waals surface area contributed by atoms with E-state index in [1.165, 1.54) is 18.3 Å². The van der Waals surface area contributed by atoms with Crippen molar-refractivity contribution in [1.29, 1.82) is 0 Å². The lowest BCUT2D eigenvalue weighted by Gasteiger charge is -2.14. The van der Waals surface area contributed by atoms with Gasteiger partial charge in [0, 0.05) is 6.20 Å². The summed E-state index contributed by atoms with van der Waals surface area (Å²) in [6.45, 7) is 0.136. The van der Waals surface area contributed by atoms with Crippen LogP contribution in [-0.4, -0.2) is 20.3 Å². The Kier molecular flexibility index (Phi) is 3.75. The fourth-order valence-corrected chi connectivity index (χ4v) is 2.50. The fourth-order valence-electron chi connectivity index (χ4n) is 2.50. The van der Waals surface area contributed by atoms with Crippen molar-refractivity contribution < 1.29 is 13.2 Å². The van der Waals surface area contributed by atoms with Crippen molar-refractivity contribution in [2.45, 2.75) is 19.6 Å². The first-order valence-electron chi connectivity index (χ1n) is 7.02. The SMILES string of the molecule is Cc1cccc(-n2c(=O)n(CC(F)(F)F)c(=O)c3cccnc32)c1.